The van der Waals surface area contributed by atoms with Gasteiger partial charge < -0.3 is 10.2 Å². The molecule has 0 radical (unpaired) electrons. The third-order valence-electron chi connectivity index (χ3n) is 4.88. The van der Waals surface area contributed by atoms with Crippen molar-refractivity contribution in [3.8, 4) is 0 Å². The van der Waals surface area contributed by atoms with E-state index in [0.29, 0.717) is 6.54 Å². The lowest BCUT2D eigenvalue weighted by atomic mass is 10.00. The zero-order valence-corrected chi connectivity index (χ0v) is 14.6. The molecule has 0 spiro atoms. The number of hydrogen-bond acceptors (Lipinski definition) is 2. The molecule has 3 heteroatoms. The Hall–Kier alpha value is -2.13. The van der Waals surface area contributed by atoms with Crippen LogP contribution in [0.4, 0.5) is 0 Å². The van der Waals surface area contributed by atoms with Gasteiger partial charge in [-0.05, 0) is 55.1 Å². The number of nitrogens with one attached hydrogen (secondary N) is 1. The molecule has 1 amide bonds. The Bertz CT molecular complexity index is 706. The molecule has 0 atom stereocenters. The highest BCUT2D eigenvalue weighted by molar-refractivity contribution is 5.94. The maximum Gasteiger partial charge on any atom is 0.251 e. The van der Waals surface area contributed by atoms with Crippen LogP contribution in [0.25, 0.3) is 0 Å². The number of likely N-dealkylation sites (N-methyl/N-ethyl adjacent to an activating group) is 1. The zero-order valence-electron chi connectivity index (χ0n) is 14.6. The second-order valence-corrected chi connectivity index (χ2v) is 6.59. The first-order valence-corrected chi connectivity index (χ1v) is 8.83. The van der Waals surface area contributed by atoms with Crippen LogP contribution in [0.1, 0.15) is 39.5 Å². The fourth-order valence-electron chi connectivity index (χ4n) is 3.22. The van der Waals surface area contributed by atoms with Crippen LogP contribution in [0.15, 0.2) is 42.5 Å². The number of aryl methyl sites for hydroxylation is 1. The van der Waals surface area contributed by atoms with E-state index < -0.39 is 0 Å². The Morgan fingerprint density at radius 3 is 2.46 bits per heavy atom. The predicted octanol–water partition coefficient (Wildman–Crippen LogP) is 3.35. The van der Waals surface area contributed by atoms with Gasteiger partial charge in [-0.3, -0.25) is 4.79 Å². The molecule has 0 saturated carbocycles. The molecule has 0 saturated heterocycles. The summed E-state index contributed by atoms with van der Waals surface area (Å²) in [5, 5.41) is 3.03. The van der Waals surface area contributed by atoms with Crippen LogP contribution in [-0.2, 0) is 19.4 Å². The van der Waals surface area contributed by atoms with Gasteiger partial charge in [-0.2, -0.15) is 0 Å². The van der Waals surface area contributed by atoms with Crippen LogP contribution in [0.5, 0.6) is 0 Å². The summed E-state index contributed by atoms with van der Waals surface area (Å²) in [7, 11) is 0. The van der Waals surface area contributed by atoms with Gasteiger partial charge in [0.25, 0.3) is 5.91 Å². The zero-order chi connectivity index (χ0) is 16.9. The number of hydrogen-bond donors (Lipinski definition) is 1. The van der Waals surface area contributed by atoms with E-state index >= 15 is 0 Å². The lowest BCUT2D eigenvalue weighted by molar-refractivity contribution is 0.0951. The molecule has 3 nitrogen and oxygen atoms in total. The first-order chi connectivity index (χ1) is 11.7. The summed E-state index contributed by atoms with van der Waals surface area (Å²) in [4.78, 5) is 14.9. The second kappa shape index (κ2) is 7.63. The number of nitrogens with zero attached hydrogens (tertiary/aromatic N) is 1. The van der Waals surface area contributed by atoms with Crippen molar-refractivity contribution in [1.82, 2.24) is 10.2 Å². The van der Waals surface area contributed by atoms with E-state index in [9.17, 15) is 4.79 Å². The standard InChI is InChI=1S/C21H26N2O/c1-3-23-12-10-18-8-9-20(14-19(18)11-13-23)21(24)22-15-17-6-4-16(2)5-7-17/h4-9,14H,3,10-13,15H2,1-2H3,(H,22,24). The van der Waals surface area contributed by atoms with Crippen molar-refractivity contribution in [1.29, 1.82) is 0 Å². The number of amides is 1. The minimum absolute atomic E-state index is 0.00923. The summed E-state index contributed by atoms with van der Waals surface area (Å²) in [5.74, 6) is 0.00923. The molecule has 24 heavy (non-hydrogen) atoms. The predicted molar refractivity (Wildman–Crippen MR) is 98.3 cm³/mol. The van der Waals surface area contributed by atoms with Gasteiger partial charge >= 0.3 is 0 Å². The highest BCUT2D eigenvalue weighted by Crippen LogP contribution is 2.18. The normalized spacial score (nSPS) is 14.8. The first kappa shape index (κ1) is 16.7. The van der Waals surface area contributed by atoms with E-state index in [1.165, 1.54) is 16.7 Å². The van der Waals surface area contributed by atoms with Crippen LogP contribution in [-0.4, -0.2) is 30.4 Å². The largest absolute Gasteiger partial charge is 0.348 e. The van der Waals surface area contributed by atoms with Gasteiger partial charge in [-0.15, -0.1) is 0 Å². The van der Waals surface area contributed by atoms with E-state index in [1.54, 1.807) is 0 Å². The average molecular weight is 322 g/mol. The molecule has 1 N–H and O–H groups in total. The van der Waals surface area contributed by atoms with Crippen LogP contribution in [0.2, 0.25) is 0 Å². The van der Waals surface area contributed by atoms with Crippen molar-refractivity contribution >= 4 is 5.91 Å². The fraction of sp³-hybridized carbons (Fsp3) is 0.381. The van der Waals surface area contributed by atoms with Crippen molar-refractivity contribution < 1.29 is 4.79 Å². The average Bonchev–Trinajstić information content (AvgIpc) is 2.82. The van der Waals surface area contributed by atoms with Crippen molar-refractivity contribution in [3.63, 3.8) is 0 Å². The maximum absolute atomic E-state index is 12.5. The molecule has 0 bridgehead atoms. The molecular weight excluding hydrogens is 296 g/mol. The highest BCUT2D eigenvalue weighted by atomic mass is 16.1. The minimum Gasteiger partial charge on any atom is -0.348 e. The Balaban J connectivity index is 1.65. The lowest BCUT2D eigenvalue weighted by Crippen LogP contribution is -2.25. The van der Waals surface area contributed by atoms with Crippen molar-refractivity contribution in [2.75, 3.05) is 19.6 Å². The van der Waals surface area contributed by atoms with E-state index in [-0.39, 0.29) is 5.91 Å². The maximum atomic E-state index is 12.5. The van der Waals surface area contributed by atoms with Crippen LogP contribution < -0.4 is 5.32 Å². The van der Waals surface area contributed by atoms with Crippen molar-refractivity contribution in [2.45, 2.75) is 33.2 Å². The number of benzene rings is 2. The molecule has 0 aliphatic carbocycles. The quantitative estimate of drug-likeness (QED) is 0.936. The van der Waals surface area contributed by atoms with E-state index in [1.807, 2.05) is 6.07 Å². The summed E-state index contributed by atoms with van der Waals surface area (Å²) in [6.07, 6.45) is 2.11. The van der Waals surface area contributed by atoms with Gasteiger partial charge in [0, 0.05) is 25.2 Å². The first-order valence-electron chi connectivity index (χ1n) is 8.83. The Kier molecular flexibility index (Phi) is 5.31. The highest BCUT2D eigenvalue weighted by Gasteiger charge is 2.15. The Labute approximate surface area is 144 Å². The second-order valence-electron chi connectivity index (χ2n) is 6.59. The van der Waals surface area contributed by atoms with Gasteiger partial charge in [0.05, 0.1) is 0 Å². The molecule has 126 valence electrons. The monoisotopic (exact) mass is 322 g/mol. The lowest BCUT2D eigenvalue weighted by Gasteiger charge is -2.16. The Morgan fingerprint density at radius 2 is 1.75 bits per heavy atom. The van der Waals surface area contributed by atoms with E-state index in [2.05, 4.69) is 60.5 Å². The molecular formula is C21H26N2O. The van der Waals surface area contributed by atoms with Crippen molar-refractivity contribution in [2.24, 2.45) is 0 Å². The molecule has 2 aromatic rings. The Morgan fingerprint density at radius 1 is 1.04 bits per heavy atom. The third-order valence-corrected chi connectivity index (χ3v) is 4.88. The number of carbonyl (C=O) groups is 1. The van der Waals surface area contributed by atoms with Gasteiger partial charge in [-0.25, -0.2) is 0 Å². The summed E-state index contributed by atoms with van der Waals surface area (Å²) >= 11 is 0. The van der Waals surface area contributed by atoms with Crippen LogP contribution >= 0.6 is 0 Å². The third kappa shape index (κ3) is 4.04. The topological polar surface area (TPSA) is 32.3 Å². The fourth-order valence-corrected chi connectivity index (χ4v) is 3.22. The van der Waals surface area contributed by atoms with Gasteiger partial charge in [0.15, 0.2) is 0 Å². The SMILES string of the molecule is CCN1CCc2ccc(C(=O)NCc3ccc(C)cc3)cc2CC1. The van der Waals surface area contributed by atoms with Gasteiger partial charge in [0.2, 0.25) is 0 Å². The van der Waals surface area contributed by atoms with E-state index in [0.717, 1.165) is 43.6 Å². The molecule has 1 aliphatic rings. The smallest absolute Gasteiger partial charge is 0.251 e. The van der Waals surface area contributed by atoms with Gasteiger partial charge in [0.1, 0.15) is 0 Å². The van der Waals surface area contributed by atoms with E-state index in [4.69, 9.17) is 0 Å². The summed E-state index contributed by atoms with van der Waals surface area (Å²) < 4.78 is 0. The molecule has 3 rings (SSSR count). The minimum atomic E-state index is 0.00923. The van der Waals surface area contributed by atoms with Crippen LogP contribution in [0, 0.1) is 6.92 Å². The number of carbonyl (C=O) groups excluding carboxylic acids is 1. The summed E-state index contributed by atoms with van der Waals surface area (Å²) in [6, 6.07) is 14.4. The molecule has 1 heterocycles. The summed E-state index contributed by atoms with van der Waals surface area (Å²) in [6.45, 7) is 8.13. The number of fused-ring (bicyclic) bond motifs is 1. The molecule has 0 unspecified atom stereocenters. The molecule has 0 fully saturated rings. The molecule has 1 aliphatic heterocycles. The van der Waals surface area contributed by atoms with Gasteiger partial charge in [-0.1, -0.05) is 42.8 Å². The van der Waals surface area contributed by atoms with Crippen LogP contribution in [0.3, 0.4) is 0 Å². The molecule has 0 aromatic heterocycles. The molecule has 2 aromatic carbocycles. The number of rotatable bonds is 4. The van der Waals surface area contributed by atoms with Crippen molar-refractivity contribution in [3.05, 3.63) is 70.3 Å². The summed E-state index contributed by atoms with van der Waals surface area (Å²) in [5.41, 5.74) is 5.85.